The van der Waals surface area contributed by atoms with Crippen LogP contribution in [0.4, 0.5) is 17.6 Å². The molecule has 0 atom stereocenters. The fraction of sp³-hybridized carbons (Fsp3) is 0.250. The first kappa shape index (κ1) is 41.9. The summed E-state index contributed by atoms with van der Waals surface area (Å²) >= 11 is 3.94. The Morgan fingerprint density at radius 3 is 1.42 bits per heavy atom. The Morgan fingerprint density at radius 2 is 1.04 bits per heavy atom. The van der Waals surface area contributed by atoms with E-state index in [1.54, 1.807) is 71.4 Å². The van der Waals surface area contributed by atoms with Crippen molar-refractivity contribution in [3.8, 4) is 34.4 Å². The number of alkyl halides is 5. The third kappa shape index (κ3) is 9.81. The van der Waals surface area contributed by atoms with Gasteiger partial charge in [-0.25, -0.2) is 9.59 Å². The van der Waals surface area contributed by atoms with Crippen LogP contribution in [-0.4, -0.2) is 66.1 Å². The third-order valence-corrected chi connectivity index (χ3v) is 8.21. The van der Waals surface area contributed by atoms with Crippen molar-refractivity contribution in [2.24, 2.45) is 0 Å². The van der Waals surface area contributed by atoms with Crippen LogP contribution in [0.5, 0.6) is 23.0 Å². The van der Waals surface area contributed by atoms with E-state index in [2.05, 4.69) is 16.3 Å². The minimum absolute atomic E-state index is 0.0186. The molecule has 0 saturated heterocycles. The van der Waals surface area contributed by atoms with Gasteiger partial charge < -0.3 is 37.9 Å². The van der Waals surface area contributed by atoms with Crippen molar-refractivity contribution in [1.29, 1.82) is 0 Å². The molecular weight excluding hydrogens is 748 g/mol. The highest BCUT2D eigenvalue weighted by Crippen LogP contribution is 2.35. The molecule has 0 spiro atoms. The second kappa shape index (κ2) is 18.9. The van der Waals surface area contributed by atoms with Crippen LogP contribution < -0.4 is 14.2 Å². The van der Waals surface area contributed by atoms with Crippen LogP contribution in [0.15, 0.2) is 84.9 Å². The maximum absolute atomic E-state index is 12.6. The van der Waals surface area contributed by atoms with E-state index in [0.29, 0.717) is 45.5 Å². The number of nitrogens with zero attached hydrogens (tertiary/aromatic N) is 2. The number of hydrogen-bond donors (Lipinski definition) is 1. The zero-order valence-electron chi connectivity index (χ0n) is 30.7. The summed E-state index contributed by atoms with van der Waals surface area (Å²) in [6.45, 7) is 4.69. The normalized spacial score (nSPS) is 10.8. The van der Waals surface area contributed by atoms with Gasteiger partial charge in [0.1, 0.15) is 23.0 Å². The van der Waals surface area contributed by atoms with Gasteiger partial charge in [-0.05, 0) is 113 Å². The molecule has 0 saturated carbocycles. The second-order valence-electron chi connectivity index (χ2n) is 11.4. The van der Waals surface area contributed by atoms with Crippen molar-refractivity contribution < 1.29 is 55.9 Å². The number of carbonyl (C=O) groups excluding carboxylic acids is 2. The molecule has 2 heterocycles. The number of carbonyl (C=O) groups is 2. The van der Waals surface area contributed by atoms with Crippen molar-refractivity contribution in [3.05, 3.63) is 107 Å². The maximum atomic E-state index is 12.6. The lowest BCUT2D eigenvalue weighted by molar-refractivity contribution is -0.0497. The Bertz CT molecular complexity index is 2230. The number of methoxy groups -OCH3 is 2. The van der Waals surface area contributed by atoms with Crippen LogP contribution in [0.2, 0.25) is 0 Å². The van der Waals surface area contributed by atoms with E-state index in [-0.39, 0.29) is 18.1 Å². The Morgan fingerprint density at radius 1 is 0.655 bits per heavy atom. The van der Waals surface area contributed by atoms with Gasteiger partial charge in [-0.1, -0.05) is 11.6 Å². The summed E-state index contributed by atoms with van der Waals surface area (Å²) in [5.41, 5.74) is 5.42. The van der Waals surface area contributed by atoms with Crippen molar-refractivity contribution in [3.63, 3.8) is 0 Å². The molecule has 6 rings (SSSR count). The fourth-order valence-corrected chi connectivity index (χ4v) is 6.03. The number of halogens is 5. The maximum Gasteiger partial charge on any atom is 0.387 e. The number of fused-ring (bicyclic) bond motifs is 2. The Balaban J connectivity index is 0.000000224. The number of aromatic nitrogens is 2. The lowest BCUT2D eigenvalue weighted by Crippen LogP contribution is -2.07. The van der Waals surface area contributed by atoms with E-state index in [1.807, 2.05) is 52.5 Å². The first-order valence-corrected chi connectivity index (χ1v) is 17.2. The molecular formula is C40H39ClF4N2O8. The minimum atomic E-state index is -2.95. The van der Waals surface area contributed by atoms with Gasteiger partial charge in [-0.15, -0.1) is 0 Å². The summed E-state index contributed by atoms with van der Waals surface area (Å²) < 4.78 is 74.4. The van der Waals surface area contributed by atoms with Crippen molar-refractivity contribution in [1.82, 2.24) is 9.13 Å². The fourth-order valence-electron chi connectivity index (χ4n) is 6.03. The highest BCUT2D eigenvalue weighted by atomic mass is 35.5. The molecule has 0 aliphatic carbocycles. The van der Waals surface area contributed by atoms with E-state index in [9.17, 15) is 32.3 Å². The number of phenolic OH excluding ortho intramolecular Hbond substituents is 1. The monoisotopic (exact) mass is 786 g/mol. The van der Waals surface area contributed by atoms with E-state index in [4.69, 9.17) is 18.9 Å². The summed E-state index contributed by atoms with van der Waals surface area (Å²) in [7, 11) is 3.20. The molecule has 292 valence electrons. The Hall–Kier alpha value is -5.89. The van der Waals surface area contributed by atoms with Crippen LogP contribution >= 0.6 is 11.6 Å². The zero-order chi connectivity index (χ0) is 40.4. The molecule has 0 unspecified atom stereocenters. The van der Waals surface area contributed by atoms with E-state index in [0.717, 1.165) is 28.3 Å². The summed E-state index contributed by atoms with van der Waals surface area (Å²) in [4.78, 5) is 24.9. The minimum Gasteiger partial charge on any atom is -0.508 e. The second-order valence-corrected chi connectivity index (χ2v) is 11.8. The smallest absolute Gasteiger partial charge is 0.387 e. The predicted octanol–water partition coefficient (Wildman–Crippen LogP) is 10.0. The molecule has 10 nitrogen and oxygen atoms in total. The standard InChI is InChI=1S/C20H19F2NO4.C19H19NO4.CHClF2/c1-4-26-19(24)18-12(2)23(13-5-7-14(25-3)8-6-13)17-10-9-15(11-16(17)18)27-20(21)22;1-4-24-19(22)18-12(2)20(13-5-8-15(23-3)9-6-13)17-10-7-14(21)11-16(17)18;2-1(3)4/h5-11,20H,4H2,1-3H3;5-11,21H,4H2,1-3H3;1H. The Labute approximate surface area is 319 Å². The van der Waals surface area contributed by atoms with Crippen molar-refractivity contribution >= 4 is 45.3 Å². The average molecular weight is 787 g/mol. The van der Waals surface area contributed by atoms with Gasteiger partial charge in [-0.3, -0.25) is 0 Å². The summed E-state index contributed by atoms with van der Waals surface area (Å²) in [6.07, 6.45) is 0. The van der Waals surface area contributed by atoms with Crippen molar-refractivity contribution in [2.75, 3.05) is 27.4 Å². The van der Waals surface area contributed by atoms with Crippen LogP contribution in [0.25, 0.3) is 33.2 Å². The molecule has 4 aromatic carbocycles. The van der Waals surface area contributed by atoms with E-state index >= 15 is 0 Å². The lowest BCUT2D eigenvalue weighted by Gasteiger charge is -2.10. The molecule has 0 radical (unpaired) electrons. The number of hydrogen-bond acceptors (Lipinski definition) is 8. The quantitative estimate of drug-likeness (QED) is 0.0831. The number of aromatic hydroxyl groups is 1. The van der Waals surface area contributed by atoms with Gasteiger partial charge >= 0.3 is 24.4 Å². The van der Waals surface area contributed by atoms with E-state index < -0.39 is 24.4 Å². The van der Waals surface area contributed by atoms with Crippen LogP contribution in [0, 0.1) is 13.8 Å². The first-order chi connectivity index (χ1) is 26.3. The lowest BCUT2D eigenvalue weighted by atomic mass is 10.1. The average Bonchev–Trinajstić information content (AvgIpc) is 3.60. The number of ether oxygens (including phenoxy) is 5. The molecule has 0 amide bonds. The van der Waals surface area contributed by atoms with E-state index in [1.165, 1.54) is 12.1 Å². The molecule has 0 fully saturated rings. The number of esters is 2. The van der Waals surface area contributed by atoms with Gasteiger partial charge in [-0.2, -0.15) is 17.6 Å². The van der Waals surface area contributed by atoms with Gasteiger partial charge in [0.25, 0.3) is 0 Å². The van der Waals surface area contributed by atoms with Crippen LogP contribution in [0.1, 0.15) is 46.0 Å². The van der Waals surface area contributed by atoms with Gasteiger partial charge in [0.2, 0.25) is 0 Å². The van der Waals surface area contributed by atoms with Gasteiger partial charge in [0.05, 0.1) is 49.6 Å². The number of rotatable bonds is 10. The summed E-state index contributed by atoms with van der Waals surface area (Å²) in [5, 5.41) is 11.0. The van der Waals surface area contributed by atoms with Crippen LogP contribution in [0.3, 0.4) is 0 Å². The van der Waals surface area contributed by atoms with Gasteiger partial charge in [0.15, 0.2) is 0 Å². The molecule has 0 bridgehead atoms. The molecule has 55 heavy (non-hydrogen) atoms. The molecule has 1 N–H and O–H groups in total. The molecule has 0 aliphatic heterocycles. The molecule has 2 aromatic heterocycles. The largest absolute Gasteiger partial charge is 0.508 e. The zero-order valence-corrected chi connectivity index (χ0v) is 31.5. The summed E-state index contributed by atoms with van der Waals surface area (Å²) in [5.74, 6) is -2.04. The van der Waals surface area contributed by atoms with Gasteiger partial charge in [0, 0.05) is 33.5 Å². The van der Waals surface area contributed by atoms with Crippen molar-refractivity contribution in [2.45, 2.75) is 40.2 Å². The highest BCUT2D eigenvalue weighted by molar-refractivity contribution is 6.18. The van der Waals surface area contributed by atoms with Crippen LogP contribution in [-0.2, 0) is 9.47 Å². The SMILES string of the molecule is CCOC(=O)c1c(C)n(-c2ccc(OC)cc2)c2ccc(O)cc12.CCOC(=O)c1c(C)n(-c2ccc(OC)cc2)c2ccc(OC(F)F)cc12.FC(F)Cl. The molecule has 15 heteroatoms. The molecule has 0 aliphatic rings. The molecule has 6 aromatic rings. The third-order valence-electron chi connectivity index (χ3n) is 8.21. The highest BCUT2D eigenvalue weighted by Gasteiger charge is 2.24. The summed E-state index contributed by atoms with van der Waals surface area (Å²) in [6, 6.07) is 24.4. The first-order valence-electron chi connectivity index (χ1n) is 16.7. The predicted molar refractivity (Wildman–Crippen MR) is 201 cm³/mol. The number of benzene rings is 4. The topological polar surface area (TPSA) is 110 Å². The number of phenols is 1. The Kier molecular flexibility index (Phi) is 14.4.